The van der Waals surface area contributed by atoms with Gasteiger partial charge in [-0.15, -0.1) is 0 Å². The number of sulfonamides is 1. The number of carbonyl (C=O) groups excluding carboxylic acids is 1. The molecule has 1 rings (SSSR count). The minimum absolute atomic E-state index is 0.0752. The highest BCUT2D eigenvalue weighted by Crippen LogP contribution is 2.15. The third-order valence-corrected chi connectivity index (χ3v) is 4.64. The first-order valence-electron chi connectivity index (χ1n) is 7.43. The van der Waals surface area contributed by atoms with Gasteiger partial charge in [0.25, 0.3) is 0 Å². The summed E-state index contributed by atoms with van der Waals surface area (Å²) in [6.07, 6.45) is 0.0664. The Morgan fingerprint density at radius 1 is 1.35 bits per heavy atom. The number of nitrogens with one attached hydrogen (secondary N) is 2. The van der Waals surface area contributed by atoms with Crippen LogP contribution >= 0.6 is 11.6 Å². The van der Waals surface area contributed by atoms with Gasteiger partial charge in [-0.2, -0.15) is 0 Å². The van der Waals surface area contributed by atoms with E-state index in [1.807, 2.05) is 13.8 Å². The van der Waals surface area contributed by atoms with Gasteiger partial charge in [0.2, 0.25) is 10.0 Å². The van der Waals surface area contributed by atoms with Crippen molar-refractivity contribution in [3.05, 3.63) is 29.3 Å². The normalized spacial score (nSPS) is 12.9. The van der Waals surface area contributed by atoms with Crippen LogP contribution in [-0.4, -0.2) is 33.7 Å². The molecule has 23 heavy (non-hydrogen) atoms. The number of benzene rings is 1. The molecule has 0 radical (unpaired) electrons. The van der Waals surface area contributed by atoms with E-state index in [4.69, 9.17) is 16.3 Å². The van der Waals surface area contributed by atoms with E-state index in [0.717, 1.165) is 0 Å². The molecular formula is C15H23ClN2O4S. The molecule has 0 saturated carbocycles. The third-order valence-electron chi connectivity index (χ3n) is 2.98. The molecule has 1 amide bonds. The number of halogens is 1. The van der Waals surface area contributed by atoms with E-state index >= 15 is 0 Å². The van der Waals surface area contributed by atoms with Crippen LogP contribution in [0, 0.1) is 5.92 Å². The number of hydrogen-bond donors (Lipinski definition) is 2. The first-order valence-corrected chi connectivity index (χ1v) is 9.29. The van der Waals surface area contributed by atoms with Crippen LogP contribution in [0.2, 0.25) is 5.02 Å². The molecule has 1 atom stereocenters. The zero-order valence-corrected chi connectivity index (χ0v) is 15.1. The van der Waals surface area contributed by atoms with Crippen molar-refractivity contribution in [1.82, 2.24) is 10.0 Å². The summed E-state index contributed by atoms with van der Waals surface area (Å²) >= 11 is 5.82. The lowest BCUT2D eigenvalue weighted by Crippen LogP contribution is -2.44. The van der Waals surface area contributed by atoms with Crippen LogP contribution in [0.15, 0.2) is 29.2 Å². The predicted molar refractivity (Wildman–Crippen MR) is 90.0 cm³/mol. The summed E-state index contributed by atoms with van der Waals surface area (Å²) in [5.74, 6) is 0.289. The van der Waals surface area contributed by atoms with Crippen molar-refractivity contribution in [2.75, 3.05) is 13.2 Å². The van der Waals surface area contributed by atoms with Crippen molar-refractivity contribution < 1.29 is 17.9 Å². The molecule has 2 N–H and O–H groups in total. The Kier molecular flexibility index (Phi) is 7.81. The van der Waals surface area contributed by atoms with Gasteiger partial charge in [0.1, 0.15) is 0 Å². The van der Waals surface area contributed by atoms with E-state index in [-0.39, 0.29) is 30.0 Å². The molecule has 130 valence electrons. The summed E-state index contributed by atoms with van der Waals surface area (Å²) in [5, 5.41) is 3.01. The van der Waals surface area contributed by atoms with Crippen molar-refractivity contribution >= 4 is 27.7 Å². The van der Waals surface area contributed by atoms with Gasteiger partial charge in [0.05, 0.1) is 11.5 Å². The summed E-state index contributed by atoms with van der Waals surface area (Å²) in [6.45, 7) is 6.02. The first kappa shape index (κ1) is 19.7. The Hall–Kier alpha value is -1.31. The highest BCUT2D eigenvalue weighted by Gasteiger charge is 2.19. The van der Waals surface area contributed by atoms with E-state index in [9.17, 15) is 13.2 Å². The maximum Gasteiger partial charge on any atom is 0.407 e. The molecule has 0 fully saturated rings. The van der Waals surface area contributed by atoms with Crippen molar-refractivity contribution in [2.24, 2.45) is 5.92 Å². The standard InChI is InChI=1S/C15H23ClN2O4S/c1-4-22-15(19)18-13(8-11(2)3)10-17-23(20,21)14-7-5-6-12(16)9-14/h5-7,9,11,13,17H,4,8,10H2,1-3H3,(H,18,19). The Balaban J connectivity index is 2.74. The van der Waals surface area contributed by atoms with Crippen LogP contribution in [0.1, 0.15) is 27.2 Å². The van der Waals surface area contributed by atoms with Crippen LogP contribution in [0.25, 0.3) is 0 Å². The molecule has 0 spiro atoms. The van der Waals surface area contributed by atoms with Crippen molar-refractivity contribution in [1.29, 1.82) is 0 Å². The SMILES string of the molecule is CCOC(=O)NC(CNS(=O)(=O)c1cccc(Cl)c1)CC(C)C. The molecule has 0 aliphatic heterocycles. The fourth-order valence-electron chi connectivity index (χ4n) is 2.03. The van der Waals surface area contributed by atoms with Gasteiger partial charge in [0.15, 0.2) is 0 Å². The van der Waals surface area contributed by atoms with Crippen molar-refractivity contribution in [3.8, 4) is 0 Å². The average Bonchev–Trinajstić information content (AvgIpc) is 2.44. The zero-order chi connectivity index (χ0) is 17.5. The molecule has 0 aliphatic carbocycles. The van der Waals surface area contributed by atoms with Gasteiger partial charge in [-0.1, -0.05) is 31.5 Å². The highest BCUT2D eigenvalue weighted by molar-refractivity contribution is 7.89. The van der Waals surface area contributed by atoms with Gasteiger partial charge in [0, 0.05) is 17.6 Å². The number of hydrogen-bond acceptors (Lipinski definition) is 4. The second-order valence-electron chi connectivity index (χ2n) is 5.50. The topological polar surface area (TPSA) is 84.5 Å². The number of amides is 1. The van der Waals surface area contributed by atoms with Gasteiger partial charge in [-0.3, -0.25) is 0 Å². The third kappa shape index (κ3) is 7.20. The number of rotatable bonds is 8. The Labute approximate surface area is 142 Å². The van der Waals surface area contributed by atoms with Crippen LogP contribution < -0.4 is 10.0 Å². The minimum atomic E-state index is -3.69. The van der Waals surface area contributed by atoms with Crippen LogP contribution in [0.5, 0.6) is 0 Å². The maximum absolute atomic E-state index is 12.3. The average molecular weight is 363 g/mol. The van der Waals surface area contributed by atoms with Crippen molar-refractivity contribution in [2.45, 2.75) is 38.1 Å². The molecule has 1 unspecified atom stereocenters. The van der Waals surface area contributed by atoms with Crippen molar-refractivity contribution in [3.63, 3.8) is 0 Å². The predicted octanol–water partition coefficient (Wildman–Crippen LogP) is 2.78. The van der Waals surface area contributed by atoms with Gasteiger partial charge >= 0.3 is 6.09 Å². The summed E-state index contributed by atoms with van der Waals surface area (Å²) in [5.41, 5.74) is 0. The number of alkyl carbamates (subject to hydrolysis) is 1. The molecular weight excluding hydrogens is 340 g/mol. The summed E-state index contributed by atoms with van der Waals surface area (Å²) < 4.78 is 31.9. The lowest BCUT2D eigenvalue weighted by molar-refractivity contribution is 0.146. The molecule has 1 aromatic carbocycles. The quantitative estimate of drug-likeness (QED) is 0.744. The zero-order valence-electron chi connectivity index (χ0n) is 13.5. The molecule has 0 saturated heterocycles. The monoisotopic (exact) mass is 362 g/mol. The van der Waals surface area contributed by atoms with Crippen LogP contribution in [0.4, 0.5) is 4.79 Å². The fraction of sp³-hybridized carbons (Fsp3) is 0.533. The van der Waals surface area contributed by atoms with E-state index in [1.165, 1.54) is 12.1 Å². The molecule has 0 aliphatic rings. The molecule has 1 aromatic rings. The second-order valence-corrected chi connectivity index (χ2v) is 7.70. The Morgan fingerprint density at radius 3 is 2.61 bits per heavy atom. The van der Waals surface area contributed by atoms with E-state index in [0.29, 0.717) is 11.4 Å². The first-order chi connectivity index (χ1) is 10.7. The summed E-state index contributed by atoms with van der Waals surface area (Å²) in [4.78, 5) is 11.6. The lowest BCUT2D eigenvalue weighted by Gasteiger charge is -2.20. The molecule has 0 heterocycles. The summed E-state index contributed by atoms with van der Waals surface area (Å²) in [6, 6.07) is 5.65. The van der Waals surface area contributed by atoms with Gasteiger partial charge < -0.3 is 10.1 Å². The number of carbonyl (C=O) groups is 1. The highest BCUT2D eigenvalue weighted by atomic mass is 35.5. The molecule has 0 bridgehead atoms. The number of ether oxygens (including phenoxy) is 1. The molecule has 8 heteroatoms. The van der Waals surface area contributed by atoms with Crippen LogP contribution in [0.3, 0.4) is 0 Å². The fourth-order valence-corrected chi connectivity index (χ4v) is 3.41. The Bertz CT molecular complexity index is 620. The maximum atomic E-state index is 12.3. The Morgan fingerprint density at radius 2 is 2.04 bits per heavy atom. The second kappa shape index (κ2) is 9.10. The van der Waals surface area contributed by atoms with E-state index < -0.39 is 16.1 Å². The van der Waals surface area contributed by atoms with Crippen LogP contribution in [-0.2, 0) is 14.8 Å². The smallest absolute Gasteiger partial charge is 0.407 e. The van der Waals surface area contributed by atoms with Gasteiger partial charge in [-0.05, 0) is 37.5 Å². The minimum Gasteiger partial charge on any atom is -0.450 e. The lowest BCUT2D eigenvalue weighted by atomic mass is 10.0. The summed E-state index contributed by atoms with van der Waals surface area (Å²) in [7, 11) is -3.69. The molecule has 0 aromatic heterocycles. The largest absolute Gasteiger partial charge is 0.450 e. The van der Waals surface area contributed by atoms with Gasteiger partial charge in [-0.25, -0.2) is 17.9 Å². The van der Waals surface area contributed by atoms with E-state index in [2.05, 4.69) is 10.0 Å². The molecule has 6 nitrogen and oxygen atoms in total. The van der Waals surface area contributed by atoms with E-state index in [1.54, 1.807) is 19.1 Å².